The molecule has 0 aliphatic heterocycles. The third-order valence-corrected chi connectivity index (χ3v) is 8.22. The van der Waals surface area contributed by atoms with Gasteiger partial charge in [-0.2, -0.15) is 0 Å². The van der Waals surface area contributed by atoms with Gasteiger partial charge in [0.05, 0.1) is 21.0 Å². The van der Waals surface area contributed by atoms with Crippen molar-refractivity contribution in [1.82, 2.24) is 4.98 Å². The van der Waals surface area contributed by atoms with Crippen molar-refractivity contribution in [3.63, 3.8) is 0 Å². The molecule has 0 bridgehead atoms. The standard InChI is InChI=1S/C26H24BrN3O2S2/c1-14-11-15(2)23(16(3)12-14)30-24(31)17(4)33-26-29-21-10-9-18(13-22(21)34-26)28-25(32)19-7-5-6-8-20(19)27/h5-13,17H,1-4H3,(H,28,32)(H,30,31)/t17-/m1/s1. The van der Waals surface area contributed by atoms with Crippen LogP contribution in [0.15, 0.2) is 63.4 Å². The maximum atomic E-state index is 12.9. The lowest BCUT2D eigenvalue weighted by atomic mass is 10.1. The first-order chi connectivity index (χ1) is 16.2. The lowest BCUT2D eigenvalue weighted by Gasteiger charge is -2.15. The van der Waals surface area contributed by atoms with E-state index >= 15 is 0 Å². The summed E-state index contributed by atoms with van der Waals surface area (Å²) in [4.78, 5) is 30.1. The number of nitrogens with one attached hydrogen (secondary N) is 2. The van der Waals surface area contributed by atoms with Crippen molar-refractivity contribution in [2.75, 3.05) is 10.6 Å². The number of carbonyl (C=O) groups is 2. The Labute approximate surface area is 215 Å². The zero-order chi connectivity index (χ0) is 24.4. The van der Waals surface area contributed by atoms with Crippen LogP contribution in [0.5, 0.6) is 0 Å². The van der Waals surface area contributed by atoms with Gasteiger partial charge in [-0.05, 0) is 85.1 Å². The van der Waals surface area contributed by atoms with E-state index in [0.29, 0.717) is 11.3 Å². The molecule has 3 aromatic carbocycles. The molecule has 8 heteroatoms. The summed E-state index contributed by atoms with van der Waals surface area (Å²) in [5.41, 5.74) is 6.27. The van der Waals surface area contributed by atoms with E-state index in [-0.39, 0.29) is 17.1 Å². The maximum absolute atomic E-state index is 12.9. The molecular formula is C26H24BrN3O2S2. The van der Waals surface area contributed by atoms with Gasteiger partial charge in [-0.25, -0.2) is 4.98 Å². The third kappa shape index (κ3) is 5.51. The van der Waals surface area contributed by atoms with E-state index in [2.05, 4.69) is 50.6 Å². The number of thioether (sulfide) groups is 1. The van der Waals surface area contributed by atoms with Crippen molar-refractivity contribution in [2.45, 2.75) is 37.3 Å². The average Bonchev–Trinajstić information content (AvgIpc) is 3.17. The van der Waals surface area contributed by atoms with Gasteiger partial charge in [-0.3, -0.25) is 9.59 Å². The maximum Gasteiger partial charge on any atom is 0.256 e. The molecule has 34 heavy (non-hydrogen) atoms. The number of aromatic nitrogens is 1. The average molecular weight is 555 g/mol. The lowest BCUT2D eigenvalue weighted by Crippen LogP contribution is -2.23. The number of halogens is 1. The minimum Gasteiger partial charge on any atom is -0.325 e. The Bertz CT molecular complexity index is 1380. The number of fused-ring (bicyclic) bond motifs is 1. The Morgan fingerprint density at radius 1 is 1.00 bits per heavy atom. The minimum atomic E-state index is -0.310. The van der Waals surface area contributed by atoms with E-state index in [9.17, 15) is 9.59 Å². The van der Waals surface area contributed by atoms with E-state index in [1.165, 1.54) is 28.7 Å². The molecule has 0 saturated heterocycles. The molecule has 2 amide bonds. The van der Waals surface area contributed by atoms with Crippen LogP contribution in [-0.2, 0) is 4.79 Å². The smallest absolute Gasteiger partial charge is 0.256 e. The second kappa shape index (κ2) is 10.3. The number of hydrogen-bond donors (Lipinski definition) is 2. The molecular weight excluding hydrogens is 530 g/mol. The van der Waals surface area contributed by atoms with E-state index in [0.717, 1.165) is 35.8 Å². The van der Waals surface area contributed by atoms with Crippen molar-refractivity contribution < 1.29 is 9.59 Å². The van der Waals surface area contributed by atoms with Crippen LogP contribution in [0.3, 0.4) is 0 Å². The van der Waals surface area contributed by atoms with Gasteiger partial charge in [-0.15, -0.1) is 11.3 Å². The first-order valence-electron chi connectivity index (χ1n) is 10.7. The molecule has 0 aliphatic rings. The Hall–Kier alpha value is -2.68. The number of thiazole rings is 1. The van der Waals surface area contributed by atoms with Crippen LogP contribution < -0.4 is 10.6 Å². The number of aryl methyl sites for hydroxylation is 3. The molecule has 5 nitrogen and oxygen atoms in total. The summed E-state index contributed by atoms with van der Waals surface area (Å²) in [6, 6.07) is 17.1. The molecule has 0 fully saturated rings. The number of hydrogen-bond acceptors (Lipinski definition) is 5. The van der Waals surface area contributed by atoms with Crippen LogP contribution in [0.1, 0.15) is 34.0 Å². The molecule has 0 saturated carbocycles. The SMILES string of the molecule is Cc1cc(C)c(NC(=O)[C@@H](C)Sc2nc3ccc(NC(=O)c4ccccc4Br)cc3s2)c(C)c1. The van der Waals surface area contributed by atoms with E-state index in [1.54, 1.807) is 6.07 Å². The quantitative estimate of drug-likeness (QED) is 0.245. The number of amides is 2. The highest BCUT2D eigenvalue weighted by Crippen LogP contribution is 2.34. The number of rotatable bonds is 6. The van der Waals surface area contributed by atoms with Crippen molar-refractivity contribution in [1.29, 1.82) is 0 Å². The van der Waals surface area contributed by atoms with Gasteiger partial charge in [0.25, 0.3) is 5.91 Å². The van der Waals surface area contributed by atoms with Crippen molar-refractivity contribution in [3.8, 4) is 0 Å². The molecule has 2 N–H and O–H groups in total. The van der Waals surface area contributed by atoms with Gasteiger partial charge in [-0.1, -0.05) is 41.6 Å². The number of nitrogens with zero attached hydrogens (tertiary/aromatic N) is 1. The molecule has 0 spiro atoms. The summed E-state index contributed by atoms with van der Waals surface area (Å²) in [5.74, 6) is -0.237. The number of anilines is 2. The first kappa shape index (κ1) is 24.4. The van der Waals surface area contributed by atoms with Crippen molar-refractivity contribution in [2.24, 2.45) is 0 Å². The zero-order valence-electron chi connectivity index (χ0n) is 19.2. The predicted molar refractivity (Wildman–Crippen MR) is 146 cm³/mol. The van der Waals surface area contributed by atoms with E-state index in [1.807, 2.05) is 57.2 Å². The highest BCUT2D eigenvalue weighted by molar-refractivity contribution is 9.10. The summed E-state index contributed by atoms with van der Waals surface area (Å²) in [6.45, 7) is 7.95. The molecule has 1 aromatic heterocycles. The predicted octanol–water partition coefficient (Wildman–Crippen LogP) is 7.36. The molecule has 4 rings (SSSR count). The minimum absolute atomic E-state index is 0.0549. The van der Waals surface area contributed by atoms with Gasteiger partial charge in [0.1, 0.15) is 0 Å². The lowest BCUT2D eigenvalue weighted by molar-refractivity contribution is -0.115. The summed E-state index contributed by atoms with van der Waals surface area (Å²) >= 11 is 6.36. The first-order valence-corrected chi connectivity index (χ1v) is 13.2. The van der Waals surface area contributed by atoms with Crippen LogP contribution in [0.4, 0.5) is 11.4 Å². The van der Waals surface area contributed by atoms with Gasteiger partial charge in [0.15, 0.2) is 4.34 Å². The van der Waals surface area contributed by atoms with Gasteiger partial charge >= 0.3 is 0 Å². The molecule has 4 aromatic rings. The van der Waals surface area contributed by atoms with Gasteiger partial charge < -0.3 is 10.6 Å². The fraction of sp³-hybridized carbons (Fsp3) is 0.192. The largest absolute Gasteiger partial charge is 0.325 e. The van der Waals surface area contributed by atoms with Crippen LogP contribution in [0.25, 0.3) is 10.2 Å². The second-order valence-electron chi connectivity index (χ2n) is 8.12. The van der Waals surface area contributed by atoms with Crippen molar-refractivity contribution in [3.05, 3.63) is 81.3 Å². The summed E-state index contributed by atoms with van der Waals surface area (Å²) in [5, 5.41) is 5.71. The number of carbonyl (C=O) groups excluding carboxylic acids is 2. The molecule has 0 radical (unpaired) electrons. The highest BCUT2D eigenvalue weighted by Gasteiger charge is 2.19. The molecule has 1 atom stereocenters. The van der Waals surface area contributed by atoms with Crippen LogP contribution in [0.2, 0.25) is 0 Å². The Balaban J connectivity index is 1.45. The summed E-state index contributed by atoms with van der Waals surface area (Å²) in [7, 11) is 0. The van der Waals surface area contributed by atoms with E-state index < -0.39 is 0 Å². The second-order valence-corrected chi connectivity index (χ2v) is 11.6. The Morgan fingerprint density at radius 2 is 1.71 bits per heavy atom. The Kier molecular flexibility index (Phi) is 7.40. The highest BCUT2D eigenvalue weighted by atomic mass is 79.9. The van der Waals surface area contributed by atoms with Crippen LogP contribution >= 0.6 is 39.0 Å². The molecule has 1 heterocycles. The van der Waals surface area contributed by atoms with E-state index in [4.69, 9.17) is 0 Å². The molecule has 0 aliphatic carbocycles. The van der Waals surface area contributed by atoms with Gasteiger partial charge in [0, 0.05) is 15.8 Å². The molecule has 0 unspecified atom stereocenters. The molecule has 174 valence electrons. The van der Waals surface area contributed by atoms with Gasteiger partial charge in [0.2, 0.25) is 5.91 Å². The topological polar surface area (TPSA) is 71.1 Å². The third-order valence-electron chi connectivity index (χ3n) is 5.32. The summed E-state index contributed by atoms with van der Waals surface area (Å²) < 4.78 is 2.50. The fourth-order valence-electron chi connectivity index (χ4n) is 3.68. The fourth-order valence-corrected chi connectivity index (χ4v) is 6.40. The Morgan fingerprint density at radius 3 is 2.41 bits per heavy atom. The summed E-state index contributed by atoms with van der Waals surface area (Å²) in [6.07, 6.45) is 0. The number of benzene rings is 3. The van der Waals surface area contributed by atoms with Crippen LogP contribution in [0, 0.1) is 20.8 Å². The monoisotopic (exact) mass is 553 g/mol. The van der Waals surface area contributed by atoms with Crippen molar-refractivity contribution >= 4 is 72.4 Å². The van der Waals surface area contributed by atoms with Crippen LogP contribution in [-0.4, -0.2) is 22.0 Å². The normalized spacial score (nSPS) is 11.9. The zero-order valence-corrected chi connectivity index (χ0v) is 22.5.